The molecule has 0 aliphatic carbocycles. The van der Waals surface area contributed by atoms with E-state index >= 15 is 0 Å². The number of urea groups is 1. The summed E-state index contributed by atoms with van der Waals surface area (Å²) >= 11 is 0. The maximum Gasteiger partial charge on any atom is 0.320 e. The Bertz CT molecular complexity index is 805. The summed E-state index contributed by atoms with van der Waals surface area (Å²) in [6, 6.07) is 5.39. The van der Waals surface area contributed by atoms with E-state index in [0.29, 0.717) is 12.6 Å². The first-order valence-corrected chi connectivity index (χ1v) is 11.6. The highest BCUT2D eigenvalue weighted by atomic mass is 16.5. The van der Waals surface area contributed by atoms with E-state index in [9.17, 15) is 4.79 Å². The van der Waals surface area contributed by atoms with Gasteiger partial charge in [0.05, 0.1) is 6.10 Å². The average molecular weight is 414 g/mol. The molecule has 2 amide bonds. The van der Waals surface area contributed by atoms with Gasteiger partial charge >= 0.3 is 6.03 Å². The monoisotopic (exact) mass is 413 g/mol. The molecule has 4 rings (SSSR count). The summed E-state index contributed by atoms with van der Waals surface area (Å²) in [6.45, 7) is 14.5. The lowest BCUT2D eigenvalue weighted by Crippen LogP contribution is -2.51. The van der Waals surface area contributed by atoms with E-state index in [1.54, 1.807) is 7.11 Å². The van der Waals surface area contributed by atoms with Gasteiger partial charge in [0.1, 0.15) is 0 Å². The molecule has 0 bridgehead atoms. The first-order valence-electron chi connectivity index (χ1n) is 11.6. The normalized spacial score (nSPS) is 26.2. The van der Waals surface area contributed by atoms with Crippen LogP contribution in [0.1, 0.15) is 82.2 Å². The minimum Gasteiger partial charge on any atom is -0.380 e. The first-order chi connectivity index (χ1) is 14.1. The predicted molar refractivity (Wildman–Crippen MR) is 121 cm³/mol. The number of nitrogens with one attached hydrogen (secondary N) is 1. The van der Waals surface area contributed by atoms with E-state index in [4.69, 9.17) is 4.74 Å². The summed E-state index contributed by atoms with van der Waals surface area (Å²) in [6.07, 6.45) is 4.37. The smallest absolute Gasteiger partial charge is 0.320 e. The van der Waals surface area contributed by atoms with Gasteiger partial charge in [0.25, 0.3) is 0 Å². The van der Waals surface area contributed by atoms with Crippen molar-refractivity contribution in [2.45, 2.75) is 89.9 Å². The van der Waals surface area contributed by atoms with Crippen molar-refractivity contribution in [3.63, 3.8) is 0 Å². The predicted octanol–water partition coefficient (Wildman–Crippen LogP) is 4.39. The Morgan fingerprint density at radius 1 is 1.27 bits per heavy atom. The third-order valence-corrected chi connectivity index (χ3v) is 7.36. The molecule has 30 heavy (non-hydrogen) atoms. The summed E-state index contributed by atoms with van der Waals surface area (Å²) < 4.78 is 5.58. The molecular formula is C25H39N3O2. The number of carbonyl (C=O) groups excluding carboxylic acids is 1. The second kappa shape index (κ2) is 7.83. The lowest BCUT2D eigenvalue weighted by molar-refractivity contribution is 0.103. The number of nitrogens with zero attached hydrogens (tertiary/aromatic N) is 2. The van der Waals surface area contributed by atoms with Crippen molar-refractivity contribution < 1.29 is 9.53 Å². The molecule has 3 heterocycles. The van der Waals surface area contributed by atoms with Crippen molar-refractivity contribution in [1.82, 2.24) is 15.1 Å². The Labute approximate surface area is 182 Å². The van der Waals surface area contributed by atoms with Crippen LogP contribution < -0.4 is 5.32 Å². The lowest BCUT2D eigenvalue weighted by Gasteiger charge is -2.39. The number of hydrogen-bond donors (Lipinski definition) is 1. The number of carbonyl (C=O) groups is 1. The molecule has 5 nitrogen and oxygen atoms in total. The molecule has 2 saturated heterocycles. The Kier molecular flexibility index (Phi) is 5.65. The topological polar surface area (TPSA) is 44.8 Å². The quantitative estimate of drug-likeness (QED) is 0.782. The van der Waals surface area contributed by atoms with Gasteiger partial charge in [0.2, 0.25) is 0 Å². The van der Waals surface area contributed by atoms with Gasteiger partial charge in [-0.25, -0.2) is 4.79 Å². The number of fused-ring (bicyclic) bond motifs is 1. The van der Waals surface area contributed by atoms with Crippen LogP contribution in [-0.4, -0.2) is 54.2 Å². The third kappa shape index (κ3) is 3.99. The Balaban J connectivity index is 1.63. The summed E-state index contributed by atoms with van der Waals surface area (Å²) in [7, 11) is 1.75. The molecule has 1 aromatic carbocycles. The Morgan fingerprint density at radius 3 is 2.63 bits per heavy atom. The molecule has 166 valence electrons. The molecule has 2 fully saturated rings. The molecule has 0 radical (unpaired) electrons. The van der Waals surface area contributed by atoms with Crippen LogP contribution in [0.4, 0.5) is 4.79 Å². The van der Waals surface area contributed by atoms with Crippen LogP contribution in [0.15, 0.2) is 12.1 Å². The van der Waals surface area contributed by atoms with Gasteiger partial charge in [-0.3, -0.25) is 0 Å². The molecular weight excluding hydrogens is 374 g/mol. The summed E-state index contributed by atoms with van der Waals surface area (Å²) in [5, 5.41) is 3.70. The highest BCUT2D eigenvalue weighted by Gasteiger charge is 2.43. The van der Waals surface area contributed by atoms with Crippen LogP contribution in [-0.2, 0) is 23.1 Å². The van der Waals surface area contributed by atoms with E-state index in [0.717, 1.165) is 32.5 Å². The van der Waals surface area contributed by atoms with Crippen molar-refractivity contribution >= 4 is 6.03 Å². The van der Waals surface area contributed by atoms with E-state index in [-0.39, 0.29) is 23.1 Å². The minimum absolute atomic E-state index is 0.129. The fraction of sp³-hybridized carbons (Fsp3) is 0.720. The van der Waals surface area contributed by atoms with E-state index in [1.165, 1.54) is 35.1 Å². The number of hydrogen-bond acceptors (Lipinski definition) is 3. The molecule has 1 aromatic rings. The average Bonchev–Trinajstić information content (AvgIpc) is 3.32. The van der Waals surface area contributed by atoms with Crippen LogP contribution >= 0.6 is 0 Å². The number of benzene rings is 1. The molecule has 1 unspecified atom stereocenters. The molecule has 3 aliphatic rings. The van der Waals surface area contributed by atoms with Crippen LogP contribution in [0.5, 0.6) is 0 Å². The van der Waals surface area contributed by atoms with Gasteiger partial charge in [-0.2, -0.15) is 0 Å². The molecule has 5 heteroatoms. The zero-order chi connectivity index (χ0) is 21.7. The van der Waals surface area contributed by atoms with Crippen molar-refractivity contribution in [1.29, 1.82) is 0 Å². The van der Waals surface area contributed by atoms with Gasteiger partial charge in [-0.05, 0) is 73.7 Å². The van der Waals surface area contributed by atoms with Gasteiger partial charge in [-0.15, -0.1) is 0 Å². The highest BCUT2D eigenvalue weighted by molar-refractivity contribution is 5.76. The van der Waals surface area contributed by atoms with Crippen molar-refractivity contribution in [3.8, 4) is 0 Å². The number of ether oxygens (including phenoxy) is 1. The summed E-state index contributed by atoms with van der Waals surface area (Å²) in [5.41, 5.74) is 5.61. The maximum absolute atomic E-state index is 13.5. The third-order valence-electron chi connectivity index (χ3n) is 7.36. The fourth-order valence-electron chi connectivity index (χ4n) is 5.40. The number of methoxy groups -OCH3 is 1. The van der Waals surface area contributed by atoms with Gasteiger partial charge in [0, 0.05) is 38.3 Å². The minimum atomic E-state index is -0.163. The second-order valence-electron chi connectivity index (χ2n) is 11.0. The highest BCUT2D eigenvalue weighted by Crippen LogP contribution is 2.37. The summed E-state index contributed by atoms with van der Waals surface area (Å²) in [5.74, 6) is 0. The van der Waals surface area contributed by atoms with Crippen molar-refractivity contribution in [3.05, 3.63) is 34.4 Å². The molecule has 3 aliphatic heterocycles. The number of amides is 2. The SMILES string of the molecule is COC1CN(C(=O)N2CCc3cc(C(C)(C)C)cc([C@@H]4CCCN4)c3C2)C(C)(C)C1. The zero-order valence-corrected chi connectivity index (χ0v) is 19.7. The van der Waals surface area contributed by atoms with Gasteiger partial charge < -0.3 is 19.9 Å². The first kappa shape index (κ1) is 21.6. The number of rotatable bonds is 2. The Morgan fingerprint density at radius 2 is 2.03 bits per heavy atom. The van der Waals surface area contributed by atoms with E-state index in [2.05, 4.69) is 57.0 Å². The second-order valence-corrected chi connectivity index (χ2v) is 11.0. The zero-order valence-electron chi connectivity index (χ0n) is 19.7. The lowest BCUT2D eigenvalue weighted by atomic mass is 9.80. The van der Waals surface area contributed by atoms with Crippen LogP contribution in [0.2, 0.25) is 0 Å². The van der Waals surface area contributed by atoms with Crippen LogP contribution in [0.25, 0.3) is 0 Å². The van der Waals surface area contributed by atoms with Gasteiger partial charge in [-0.1, -0.05) is 32.9 Å². The Hall–Kier alpha value is -1.59. The molecule has 1 N–H and O–H groups in total. The van der Waals surface area contributed by atoms with Crippen LogP contribution in [0.3, 0.4) is 0 Å². The number of likely N-dealkylation sites (tertiary alicyclic amines) is 1. The van der Waals surface area contributed by atoms with E-state index < -0.39 is 0 Å². The maximum atomic E-state index is 13.5. The van der Waals surface area contributed by atoms with Crippen molar-refractivity contribution in [2.24, 2.45) is 0 Å². The molecule has 2 atom stereocenters. The molecule has 0 saturated carbocycles. The van der Waals surface area contributed by atoms with Gasteiger partial charge in [0.15, 0.2) is 0 Å². The standard InChI is InChI=1S/C25H39N3O2/c1-24(2,3)18-12-17-9-11-27(16-21(17)20(13-18)22-8-7-10-26-22)23(29)28-15-19(30-6)14-25(28,4)5/h12-13,19,22,26H,7-11,14-16H2,1-6H3/t19?,22-/m0/s1. The molecule has 0 spiro atoms. The summed E-state index contributed by atoms with van der Waals surface area (Å²) in [4.78, 5) is 17.6. The largest absolute Gasteiger partial charge is 0.380 e. The molecule has 0 aromatic heterocycles. The van der Waals surface area contributed by atoms with Crippen LogP contribution in [0, 0.1) is 0 Å². The fourth-order valence-corrected chi connectivity index (χ4v) is 5.40. The van der Waals surface area contributed by atoms with Crippen molar-refractivity contribution in [2.75, 3.05) is 26.7 Å². The van der Waals surface area contributed by atoms with E-state index in [1.807, 2.05) is 4.90 Å².